The van der Waals surface area contributed by atoms with Crippen molar-refractivity contribution in [3.05, 3.63) is 120 Å². The molecular weight excluding hydrogens is 556 g/mol. The van der Waals surface area contributed by atoms with Crippen LogP contribution in [0, 0.1) is 0 Å². The van der Waals surface area contributed by atoms with Gasteiger partial charge in [0.2, 0.25) is 0 Å². The SMILES string of the molecule is CC(=O)OC(c1ccc(-c2ccccc2)cc1)C(Br)(Br)C(=O)c1ccc(-c2ccccc2)cc1. The maximum atomic E-state index is 13.5. The second-order valence-electron chi connectivity index (χ2n) is 7.87. The lowest BCUT2D eigenvalue weighted by molar-refractivity contribution is -0.146. The van der Waals surface area contributed by atoms with Crippen LogP contribution < -0.4 is 0 Å². The number of alkyl halides is 2. The summed E-state index contributed by atoms with van der Waals surface area (Å²) in [6.07, 6.45) is -0.879. The van der Waals surface area contributed by atoms with Crippen LogP contribution in [0.15, 0.2) is 109 Å². The molecule has 0 aromatic heterocycles. The minimum Gasteiger partial charge on any atom is -0.455 e. The number of carbonyl (C=O) groups is 2. The number of Topliss-reactive ketones (excluding diaryl/α,β-unsaturated/α-hetero) is 1. The lowest BCUT2D eigenvalue weighted by Crippen LogP contribution is -2.35. The number of rotatable bonds is 7. The van der Waals surface area contributed by atoms with Crippen molar-refractivity contribution in [2.75, 3.05) is 0 Å². The molecule has 0 aliphatic carbocycles. The predicted octanol–water partition coefficient (Wildman–Crippen LogP) is 7.99. The van der Waals surface area contributed by atoms with Gasteiger partial charge in [-0.2, -0.15) is 0 Å². The van der Waals surface area contributed by atoms with Gasteiger partial charge in [0, 0.05) is 12.5 Å². The van der Waals surface area contributed by atoms with E-state index in [0.29, 0.717) is 11.1 Å². The highest BCUT2D eigenvalue weighted by molar-refractivity contribution is 9.26. The summed E-state index contributed by atoms with van der Waals surface area (Å²) in [5.74, 6) is -0.724. The van der Waals surface area contributed by atoms with E-state index >= 15 is 0 Å². The number of halogens is 2. The van der Waals surface area contributed by atoms with Crippen LogP contribution in [-0.4, -0.2) is 15.0 Å². The fourth-order valence-electron chi connectivity index (χ4n) is 3.75. The number of hydrogen-bond acceptors (Lipinski definition) is 3. The molecule has 0 aliphatic rings. The Bertz CT molecular complexity index is 1270. The molecule has 34 heavy (non-hydrogen) atoms. The summed E-state index contributed by atoms with van der Waals surface area (Å²) in [6.45, 7) is 1.33. The van der Waals surface area contributed by atoms with Gasteiger partial charge in [-0.3, -0.25) is 9.59 Å². The van der Waals surface area contributed by atoms with E-state index in [4.69, 9.17) is 4.74 Å². The van der Waals surface area contributed by atoms with Gasteiger partial charge in [-0.15, -0.1) is 0 Å². The molecule has 0 heterocycles. The van der Waals surface area contributed by atoms with Crippen LogP contribution in [0.4, 0.5) is 0 Å². The molecule has 4 aromatic rings. The summed E-state index contributed by atoms with van der Waals surface area (Å²) in [4.78, 5) is 25.5. The number of ether oxygens (including phenoxy) is 1. The maximum absolute atomic E-state index is 13.5. The van der Waals surface area contributed by atoms with Gasteiger partial charge < -0.3 is 4.74 Å². The maximum Gasteiger partial charge on any atom is 0.303 e. The van der Waals surface area contributed by atoms with Crippen LogP contribution in [0.25, 0.3) is 22.3 Å². The predicted molar refractivity (Wildman–Crippen MR) is 143 cm³/mol. The van der Waals surface area contributed by atoms with E-state index in [9.17, 15) is 9.59 Å². The van der Waals surface area contributed by atoms with Crippen LogP contribution in [-0.2, 0) is 9.53 Å². The van der Waals surface area contributed by atoms with Gasteiger partial charge in [0.05, 0.1) is 0 Å². The van der Waals surface area contributed by atoms with Gasteiger partial charge >= 0.3 is 5.97 Å². The van der Waals surface area contributed by atoms with Gasteiger partial charge in [-0.1, -0.05) is 141 Å². The zero-order chi connectivity index (χ0) is 24.1. The van der Waals surface area contributed by atoms with Crippen LogP contribution in [0.1, 0.15) is 28.9 Å². The second-order valence-corrected chi connectivity index (χ2v) is 11.4. The molecule has 1 atom stereocenters. The highest BCUT2D eigenvalue weighted by atomic mass is 79.9. The lowest BCUT2D eigenvalue weighted by Gasteiger charge is -2.29. The third-order valence-corrected chi connectivity index (χ3v) is 7.04. The molecule has 1 unspecified atom stereocenters. The number of esters is 1. The van der Waals surface area contributed by atoms with E-state index < -0.39 is 15.3 Å². The van der Waals surface area contributed by atoms with Crippen LogP contribution in [0.2, 0.25) is 0 Å². The Kier molecular flexibility index (Phi) is 7.44. The number of carbonyl (C=O) groups excluding carboxylic acids is 2. The van der Waals surface area contributed by atoms with Crippen molar-refractivity contribution in [3.8, 4) is 22.3 Å². The van der Waals surface area contributed by atoms with Crippen molar-refractivity contribution < 1.29 is 14.3 Å². The molecule has 0 saturated heterocycles. The highest BCUT2D eigenvalue weighted by Crippen LogP contribution is 2.45. The van der Waals surface area contributed by atoms with E-state index in [1.165, 1.54) is 6.92 Å². The van der Waals surface area contributed by atoms with Crippen molar-refractivity contribution in [3.63, 3.8) is 0 Å². The molecule has 5 heteroatoms. The molecule has 4 rings (SSSR count). The van der Waals surface area contributed by atoms with E-state index in [0.717, 1.165) is 22.3 Å². The third-order valence-electron chi connectivity index (χ3n) is 5.49. The second kappa shape index (κ2) is 10.5. The number of ketones is 1. The molecule has 4 aromatic carbocycles. The Labute approximate surface area is 216 Å². The van der Waals surface area contributed by atoms with Crippen LogP contribution >= 0.6 is 31.9 Å². The summed E-state index contributed by atoms with van der Waals surface area (Å²) in [5.41, 5.74) is 5.38. The van der Waals surface area contributed by atoms with E-state index in [1.807, 2.05) is 97.1 Å². The van der Waals surface area contributed by atoms with Gasteiger partial charge in [0.15, 0.2) is 15.1 Å². The summed E-state index contributed by atoms with van der Waals surface area (Å²) in [5, 5.41) is 0. The number of hydrogen-bond donors (Lipinski definition) is 0. The fraction of sp³-hybridized carbons (Fsp3) is 0.103. The van der Waals surface area contributed by atoms with Crippen LogP contribution in [0.5, 0.6) is 0 Å². The van der Waals surface area contributed by atoms with Gasteiger partial charge in [0.1, 0.15) is 0 Å². The Hall–Kier alpha value is -3.02. The van der Waals surface area contributed by atoms with Crippen molar-refractivity contribution >= 4 is 43.6 Å². The molecule has 0 amide bonds. The molecule has 0 N–H and O–H groups in total. The quantitative estimate of drug-likeness (QED) is 0.127. The average Bonchev–Trinajstić information content (AvgIpc) is 2.88. The minimum absolute atomic E-state index is 0.245. The first-order valence-corrected chi connectivity index (χ1v) is 12.4. The zero-order valence-electron chi connectivity index (χ0n) is 18.5. The first-order chi connectivity index (χ1) is 16.4. The summed E-state index contributed by atoms with van der Waals surface area (Å²) in [7, 11) is 0. The van der Waals surface area contributed by atoms with Gasteiger partial charge in [-0.05, 0) is 27.8 Å². The third kappa shape index (κ3) is 5.37. The van der Waals surface area contributed by atoms with E-state index in [-0.39, 0.29) is 5.78 Å². The molecule has 0 saturated carbocycles. The Morgan fingerprint density at radius 2 is 1.06 bits per heavy atom. The normalized spacial score (nSPS) is 12.1. The van der Waals surface area contributed by atoms with Crippen molar-refractivity contribution in [1.29, 1.82) is 0 Å². The monoisotopic (exact) mass is 576 g/mol. The fourth-order valence-corrected chi connectivity index (χ4v) is 4.93. The molecule has 0 radical (unpaired) electrons. The summed E-state index contributed by atoms with van der Waals surface area (Å²) >= 11 is 7.07. The molecule has 0 aliphatic heterocycles. The summed E-state index contributed by atoms with van der Waals surface area (Å²) in [6, 6.07) is 35.0. The molecule has 170 valence electrons. The Morgan fingerprint density at radius 1 is 0.647 bits per heavy atom. The van der Waals surface area contributed by atoms with Gasteiger partial charge in [0.25, 0.3) is 0 Å². The van der Waals surface area contributed by atoms with E-state index in [2.05, 4.69) is 31.9 Å². The average molecular weight is 578 g/mol. The minimum atomic E-state index is -1.34. The van der Waals surface area contributed by atoms with Crippen LogP contribution in [0.3, 0.4) is 0 Å². The highest BCUT2D eigenvalue weighted by Gasteiger charge is 2.45. The lowest BCUT2D eigenvalue weighted by atomic mass is 9.96. The molecule has 3 nitrogen and oxygen atoms in total. The van der Waals surface area contributed by atoms with Crippen molar-refractivity contribution in [1.82, 2.24) is 0 Å². The Balaban J connectivity index is 1.62. The van der Waals surface area contributed by atoms with Crippen molar-refractivity contribution in [2.24, 2.45) is 0 Å². The van der Waals surface area contributed by atoms with Gasteiger partial charge in [-0.25, -0.2) is 0 Å². The van der Waals surface area contributed by atoms with E-state index in [1.54, 1.807) is 12.1 Å². The molecule has 0 bridgehead atoms. The summed E-state index contributed by atoms with van der Waals surface area (Å²) < 4.78 is 4.29. The first kappa shape index (κ1) is 24.1. The van der Waals surface area contributed by atoms with Crippen molar-refractivity contribution in [2.45, 2.75) is 16.3 Å². The first-order valence-electron chi connectivity index (χ1n) is 10.8. The Morgan fingerprint density at radius 3 is 1.50 bits per heavy atom. The molecular formula is C29H22Br2O3. The zero-order valence-corrected chi connectivity index (χ0v) is 21.6. The topological polar surface area (TPSA) is 43.4 Å². The molecule has 0 fully saturated rings. The smallest absolute Gasteiger partial charge is 0.303 e. The standard InChI is InChI=1S/C29H22Br2O3/c1-20(32)34-28(26-18-14-24(15-19-26)22-10-6-3-7-11-22)29(30,31)27(33)25-16-12-23(13-17-25)21-8-4-2-5-9-21/h2-19,28H,1H3. The number of benzene rings is 4. The largest absolute Gasteiger partial charge is 0.455 e. The molecule has 0 spiro atoms.